The van der Waals surface area contributed by atoms with Crippen molar-refractivity contribution in [1.29, 1.82) is 0 Å². The summed E-state index contributed by atoms with van der Waals surface area (Å²) < 4.78 is 85.9. The van der Waals surface area contributed by atoms with Gasteiger partial charge in [-0.25, -0.2) is 0 Å². The van der Waals surface area contributed by atoms with E-state index in [0.29, 0.717) is 46.1 Å². The van der Waals surface area contributed by atoms with Gasteiger partial charge in [0.25, 0.3) is 0 Å². The van der Waals surface area contributed by atoms with Crippen molar-refractivity contribution in [3.63, 3.8) is 0 Å². The summed E-state index contributed by atoms with van der Waals surface area (Å²) in [6, 6.07) is -1.39. The molecule has 0 spiro atoms. The Morgan fingerprint density at radius 1 is 0.514 bits per heavy atom. The molecule has 30 nitrogen and oxygen atoms in total. The van der Waals surface area contributed by atoms with Gasteiger partial charge in [-0.3, -0.25) is 24.0 Å². The van der Waals surface area contributed by atoms with E-state index in [1.54, 1.807) is 0 Å². The van der Waals surface area contributed by atoms with E-state index in [2.05, 4.69) is 35.4 Å². The molecule has 10 unspecified atom stereocenters. The van der Waals surface area contributed by atoms with E-state index in [-0.39, 0.29) is 92.1 Å². The van der Waals surface area contributed by atoms with Crippen LogP contribution in [-0.4, -0.2) is 216 Å². The highest BCUT2D eigenvalue weighted by Gasteiger charge is 2.55. The zero-order valence-electron chi connectivity index (χ0n) is 41.4. The second-order valence-electron chi connectivity index (χ2n) is 15.5. The van der Waals surface area contributed by atoms with Gasteiger partial charge >= 0.3 is 23.9 Å². The van der Waals surface area contributed by atoms with Gasteiger partial charge < -0.3 is 91.2 Å². The summed E-state index contributed by atoms with van der Waals surface area (Å²) in [4.78, 5) is 76.5. The number of nitrogens with zero attached hydrogens (tertiary/aromatic N) is 6. The SMILES string of the molecule is CC(=O)NC1C(O)OC(COC(C)=O)C(OC2OC(CCCOCCOCCOCCOCCON=[N+]=[N-])C(OC(C)=O)C(CCOCCOCCOCCOCCON=[N+]=[N-])C2OC(C)=O)C1OC(C)=O. The lowest BCUT2D eigenvalue weighted by Gasteiger charge is -2.49. The molecule has 0 aromatic rings. The fraction of sp³-hybridized carbons (Fsp3) is 0.881. The first-order chi connectivity index (χ1) is 34.8. The highest BCUT2D eigenvalue weighted by molar-refractivity contribution is 5.73. The molecular weight excluding hydrogens is 970 g/mol. The lowest BCUT2D eigenvalue weighted by molar-refractivity contribution is -0.341. The van der Waals surface area contributed by atoms with E-state index in [1.807, 2.05) is 0 Å². The van der Waals surface area contributed by atoms with Crippen LogP contribution in [-0.2, 0) is 105 Å². The van der Waals surface area contributed by atoms with Crippen LogP contribution in [0.4, 0.5) is 0 Å². The molecule has 30 heteroatoms. The number of nitrogens with one attached hydrogen (secondary N) is 1. The minimum Gasteiger partial charge on any atom is -0.463 e. The third-order valence-corrected chi connectivity index (χ3v) is 9.90. The molecule has 2 rings (SSSR count). The van der Waals surface area contributed by atoms with E-state index >= 15 is 0 Å². The molecule has 412 valence electrons. The maximum atomic E-state index is 12.8. The summed E-state index contributed by atoms with van der Waals surface area (Å²) in [5, 5.41) is 19.4. The predicted octanol–water partition coefficient (Wildman–Crippen LogP) is 1.08. The Kier molecular flexibility index (Phi) is 34.8. The molecule has 0 aliphatic carbocycles. The van der Waals surface area contributed by atoms with Gasteiger partial charge in [-0.1, -0.05) is 0 Å². The molecule has 0 radical (unpaired) electrons. The van der Waals surface area contributed by atoms with Crippen molar-refractivity contribution in [1.82, 2.24) is 5.32 Å². The fourth-order valence-corrected chi connectivity index (χ4v) is 7.10. The molecule has 0 bridgehead atoms. The largest absolute Gasteiger partial charge is 0.463 e. The van der Waals surface area contributed by atoms with Gasteiger partial charge in [-0.15, -0.1) is 0 Å². The number of aliphatic hydroxyl groups is 1. The van der Waals surface area contributed by atoms with Crippen LogP contribution >= 0.6 is 0 Å². The number of aliphatic hydroxyl groups excluding tert-OH is 1. The molecule has 2 N–H and O–H groups in total. The quantitative estimate of drug-likeness (QED) is 0.0164. The summed E-state index contributed by atoms with van der Waals surface area (Å²) in [7, 11) is 0. The molecule has 10 atom stereocenters. The normalized spacial score (nSPS) is 23.6. The van der Waals surface area contributed by atoms with Gasteiger partial charge in [-0.05, 0) is 30.3 Å². The first kappa shape index (κ1) is 63.2. The van der Waals surface area contributed by atoms with Gasteiger partial charge in [0.2, 0.25) is 5.91 Å². The van der Waals surface area contributed by atoms with Crippen LogP contribution in [0.1, 0.15) is 53.9 Å². The van der Waals surface area contributed by atoms with Crippen LogP contribution in [0.3, 0.4) is 0 Å². The molecule has 72 heavy (non-hydrogen) atoms. The van der Waals surface area contributed by atoms with E-state index in [0.717, 1.165) is 20.8 Å². The van der Waals surface area contributed by atoms with Crippen molar-refractivity contribution in [2.75, 3.05) is 126 Å². The van der Waals surface area contributed by atoms with Crippen LogP contribution in [0.2, 0.25) is 0 Å². The first-order valence-electron chi connectivity index (χ1n) is 23.3. The Labute approximate surface area is 416 Å². The molecule has 1 amide bonds. The zero-order chi connectivity index (χ0) is 52.8. The summed E-state index contributed by atoms with van der Waals surface area (Å²) >= 11 is 0. The molecule has 0 aromatic carbocycles. The minimum atomic E-state index is -1.77. The molecular formula is C42H71N7O23. The van der Waals surface area contributed by atoms with Crippen LogP contribution < -0.4 is 5.32 Å². The lowest BCUT2D eigenvalue weighted by Crippen LogP contribution is -2.67. The van der Waals surface area contributed by atoms with E-state index in [4.69, 9.17) is 82.1 Å². The second-order valence-corrected chi connectivity index (χ2v) is 15.5. The smallest absolute Gasteiger partial charge is 0.303 e. The lowest BCUT2D eigenvalue weighted by atomic mass is 9.84. The number of amides is 1. The number of hydrogen-bond acceptors (Lipinski definition) is 25. The van der Waals surface area contributed by atoms with Crippen molar-refractivity contribution in [2.24, 2.45) is 16.5 Å². The molecule has 2 saturated heterocycles. The van der Waals surface area contributed by atoms with Crippen molar-refractivity contribution < 1.29 is 110 Å². The second kappa shape index (κ2) is 39.6. The summed E-state index contributed by atoms with van der Waals surface area (Å²) in [5.74, 6) is -4.42. The Morgan fingerprint density at radius 3 is 1.39 bits per heavy atom. The third-order valence-electron chi connectivity index (χ3n) is 9.90. The van der Waals surface area contributed by atoms with Gasteiger partial charge in [0.1, 0.15) is 54.7 Å². The number of esters is 4. The van der Waals surface area contributed by atoms with Gasteiger partial charge in [0, 0.05) is 63.6 Å². The number of rotatable bonds is 41. The average molecular weight is 1040 g/mol. The maximum absolute atomic E-state index is 12.8. The molecule has 2 fully saturated rings. The highest BCUT2D eigenvalue weighted by atomic mass is 16.7. The van der Waals surface area contributed by atoms with Crippen molar-refractivity contribution in [3.05, 3.63) is 20.9 Å². The standard InChI is InChI=1S/C42H71N7O23/c1-28(50)45-36-40(69-32(5)54)39(35(70-41(36)55)27-64-29(2)51)72-42-38(68-31(4)53)33(8-10-57-12-14-59-16-18-61-20-22-63-24-26-66-49-47-44)37(67-30(3)52)34(71-42)7-6-9-56-11-13-58-15-17-60-19-21-62-23-25-65-48-46-43/h33-42,55H,6-27H2,1-5H3,(H,45,50). The van der Waals surface area contributed by atoms with Gasteiger partial charge in [0.15, 0.2) is 24.8 Å². The number of ether oxygens (including phenoxy) is 15. The predicted molar refractivity (Wildman–Crippen MR) is 239 cm³/mol. The summed E-state index contributed by atoms with van der Waals surface area (Å²) in [6.07, 6.45) is -10.1. The van der Waals surface area contributed by atoms with Crippen LogP contribution in [0.25, 0.3) is 20.9 Å². The zero-order valence-corrected chi connectivity index (χ0v) is 41.4. The van der Waals surface area contributed by atoms with Crippen LogP contribution in [0, 0.1) is 5.92 Å². The molecule has 2 heterocycles. The number of hydrogen-bond donors (Lipinski definition) is 2. The summed E-state index contributed by atoms with van der Waals surface area (Å²) in [5.41, 5.74) is 16.4. The Morgan fingerprint density at radius 2 is 0.944 bits per heavy atom. The van der Waals surface area contributed by atoms with Gasteiger partial charge in [-0.2, -0.15) is 0 Å². The first-order valence-corrected chi connectivity index (χ1v) is 23.3. The number of carbonyl (C=O) groups excluding carboxylic acids is 5. The Balaban J connectivity index is 2.20. The Hall–Kier alpha value is -4.91. The number of azide groups is 2. The summed E-state index contributed by atoms with van der Waals surface area (Å²) in [6.45, 7) is 9.47. The molecule has 2 aliphatic rings. The number of carbonyl (C=O) groups is 5. The minimum absolute atomic E-state index is 0.0478. The fourth-order valence-electron chi connectivity index (χ4n) is 7.10. The monoisotopic (exact) mass is 1040 g/mol. The van der Waals surface area contributed by atoms with E-state index < -0.39 is 97.6 Å². The van der Waals surface area contributed by atoms with Crippen molar-refractivity contribution >= 4 is 29.8 Å². The van der Waals surface area contributed by atoms with Crippen LogP contribution in [0.5, 0.6) is 0 Å². The van der Waals surface area contributed by atoms with Gasteiger partial charge in [0.05, 0.1) is 98.6 Å². The molecule has 0 saturated carbocycles. The van der Waals surface area contributed by atoms with E-state index in [1.165, 1.54) is 13.8 Å². The van der Waals surface area contributed by atoms with Crippen molar-refractivity contribution in [3.8, 4) is 0 Å². The van der Waals surface area contributed by atoms with Crippen LogP contribution in [0.15, 0.2) is 10.6 Å². The van der Waals surface area contributed by atoms with Crippen molar-refractivity contribution in [2.45, 2.75) is 109 Å². The maximum Gasteiger partial charge on any atom is 0.303 e. The average Bonchev–Trinajstić information content (AvgIpc) is 3.32. The molecule has 2 aliphatic heterocycles. The van der Waals surface area contributed by atoms with E-state index in [9.17, 15) is 29.1 Å². The third kappa shape index (κ3) is 28.4. The molecule has 0 aromatic heterocycles. The highest BCUT2D eigenvalue weighted by Crippen LogP contribution is 2.38. The topological polar surface area (TPSA) is 372 Å². The Bertz CT molecular complexity index is 1650.